The first-order valence-corrected chi connectivity index (χ1v) is 7.26. The molecule has 0 heterocycles. The summed E-state index contributed by atoms with van der Waals surface area (Å²) in [4.78, 5) is 11.9. The number of benzene rings is 1. The molecule has 20 heavy (non-hydrogen) atoms. The Balaban J connectivity index is 2.47. The van der Waals surface area contributed by atoms with Gasteiger partial charge in [0, 0.05) is 12.6 Å². The number of hydrogen-bond donors (Lipinski definition) is 2. The zero-order valence-electron chi connectivity index (χ0n) is 12.9. The molecule has 0 aliphatic rings. The molecule has 1 rings (SSSR count). The summed E-state index contributed by atoms with van der Waals surface area (Å²) < 4.78 is 5.14. The normalized spacial score (nSPS) is 13.6. The number of hydrogen-bond acceptors (Lipinski definition) is 3. The minimum atomic E-state index is -0.205. The molecule has 0 aromatic heterocycles. The van der Waals surface area contributed by atoms with Crippen LogP contribution in [0.15, 0.2) is 24.3 Å². The van der Waals surface area contributed by atoms with Crippen LogP contribution in [-0.2, 0) is 4.79 Å². The SMILES string of the molecule is CCCCNC(=O)C(C)N[C@@H](C)c1ccc(OC)cc1. The van der Waals surface area contributed by atoms with Gasteiger partial charge in [0.05, 0.1) is 13.2 Å². The van der Waals surface area contributed by atoms with Gasteiger partial charge in [-0.05, 0) is 38.0 Å². The van der Waals surface area contributed by atoms with Gasteiger partial charge in [-0.25, -0.2) is 0 Å². The predicted octanol–water partition coefficient (Wildman–Crippen LogP) is 2.65. The Morgan fingerprint density at radius 1 is 1.25 bits per heavy atom. The zero-order chi connectivity index (χ0) is 15.0. The highest BCUT2D eigenvalue weighted by atomic mass is 16.5. The lowest BCUT2D eigenvalue weighted by Gasteiger charge is -2.20. The Bertz CT molecular complexity index is 403. The Morgan fingerprint density at radius 2 is 1.90 bits per heavy atom. The van der Waals surface area contributed by atoms with Gasteiger partial charge >= 0.3 is 0 Å². The van der Waals surface area contributed by atoms with E-state index in [1.54, 1.807) is 7.11 Å². The maximum atomic E-state index is 11.9. The third-order valence-corrected chi connectivity index (χ3v) is 3.34. The fourth-order valence-electron chi connectivity index (χ4n) is 1.98. The summed E-state index contributed by atoms with van der Waals surface area (Å²) >= 11 is 0. The number of carbonyl (C=O) groups is 1. The van der Waals surface area contributed by atoms with Crippen LogP contribution in [0.4, 0.5) is 0 Å². The van der Waals surface area contributed by atoms with E-state index < -0.39 is 0 Å². The van der Waals surface area contributed by atoms with Crippen molar-refractivity contribution >= 4 is 5.91 Å². The van der Waals surface area contributed by atoms with Gasteiger partial charge in [-0.1, -0.05) is 25.5 Å². The highest BCUT2D eigenvalue weighted by molar-refractivity contribution is 5.81. The molecule has 1 unspecified atom stereocenters. The molecule has 0 aliphatic heterocycles. The van der Waals surface area contributed by atoms with Gasteiger partial charge in [-0.2, -0.15) is 0 Å². The molecule has 1 aromatic rings. The van der Waals surface area contributed by atoms with Crippen molar-refractivity contribution in [2.75, 3.05) is 13.7 Å². The lowest BCUT2D eigenvalue weighted by Crippen LogP contribution is -2.43. The molecule has 0 saturated heterocycles. The monoisotopic (exact) mass is 278 g/mol. The third-order valence-electron chi connectivity index (χ3n) is 3.34. The predicted molar refractivity (Wildman–Crippen MR) is 81.9 cm³/mol. The fourth-order valence-corrected chi connectivity index (χ4v) is 1.98. The van der Waals surface area contributed by atoms with E-state index in [0.29, 0.717) is 0 Å². The summed E-state index contributed by atoms with van der Waals surface area (Å²) in [5, 5.41) is 6.24. The second-order valence-electron chi connectivity index (χ2n) is 5.03. The van der Waals surface area contributed by atoms with Crippen molar-refractivity contribution in [3.05, 3.63) is 29.8 Å². The molecule has 0 saturated carbocycles. The first kappa shape index (κ1) is 16.5. The molecule has 0 fully saturated rings. The molecule has 2 atom stereocenters. The zero-order valence-corrected chi connectivity index (χ0v) is 12.9. The lowest BCUT2D eigenvalue weighted by molar-refractivity contribution is -0.122. The van der Waals surface area contributed by atoms with E-state index in [4.69, 9.17) is 4.74 Å². The molecule has 112 valence electrons. The average molecular weight is 278 g/mol. The number of nitrogens with one attached hydrogen (secondary N) is 2. The van der Waals surface area contributed by atoms with E-state index in [2.05, 4.69) is 24.5 Å². The van der Waals surface area contributed by atoms with Crippen LogP contribution in [-0.4, -0.2) is 25.6 Å². The van der Waals surface area contributed by atoms with E-state index in [-0.39, 0.29) is 18.0 Å². The maximum Gasteiger partial charge on any atom is 0.236 e. The summed E-state index contributed by atoms with van der Waals surface area (Å²) in [6, 6.07) is 7.80. The summed E-state index contributed by atoms with van der Waals surface area (Å²) in [7, 11) is 1.65. The topological polar surface area (TPSA) is 50.4 Å². The van der Waals surface area contributed by atoms with Crippen molar-refractivity contribution in [3.8, 4) is 5.75 Å². The highest BCUT2D eigenvalue weighted by Gasteiger charge is 2.15. The van der Waals surface area contributed by atoms with Gasteiger partial charge in [0.15, 0.2) is 0 Å². The van der Waals surface area contributed by atoms with Crippen LogP contribution < -0.4 is 15.4 Å². The van der Waals surface area contributed by atoms with Gasteiger partial charge < -0.3 is 10.1 Å². The minimum absolute atomic E-state index is 0.0545. The van der Waals surface area contributed by atoms with E-state index in [1.165, 1.54) is 0 Å². The summed E-state index contributed by atoms with van der Waals surface area (Å²) in [5.74, 6) is 0.894. The average Bonchev–Trinajstić information content (AvgIpc) is 2.47. The molecule has 0 spiro atoms. The van der Waals surface area contributed by atoms with Crippen molar-refractivity contribution in [1.29, 1.82) is 0 Å². The molecule has 1 aromatic carbocycles. The molecular formula is C16H26N2O2. The Morgan fingerprint density at radius 3 is 2.45 bits per heavy atom. The van der Waals surface area contributed by atoms with Crippen LogP contribution in [0, 0.1) is 0 Å². The van der Waals surface area contributed by atoms with Crippen LogP contribution in [0.3, 0.4) is 0 Å². The van der Waals surface area contributed by atoms with Crippen LogP contribution in [0.25, 0.3) is 0 Å². The summed E-state index contributed by atoms with van der Waals surface area (Å²) in [5.41, 5.74) is 1.14. The largest absolute Gasteiger partial charge is 0.497 e. The fraction of sp³-hybridized carbons (Fsp3) is 0.562. The number of unbranched alkanes of at least 4 members (excludes halogenated alkanes) is 1. The van der Waals surface area contributed by atoms with Gasteiger partial charge in [0.25, 0.3) is 0 Å². The molecular weight excluding hydrogens is 252 g/mol. The number of ether oxygens (including phenoxy) is 1. The number of rotatable bonds is 8. The van der Waals surface area contributed by atoms with Crippen LogP contribution in [0.1, 0.15) is 45.2 Å². The van der Waals surface area contributed by atoms with Crippen LogP contribution in [0.2, 0.25) is 0 Å². The second kappa shape index (κ2) is 8.59. The molecule has 0 radical (unpaired) electrons. The van der Waals surface area contributed by atoms with Crippen molar-refractivity contribution in [2.45, 2.75) is 45.7 Å². The number of carbonyl (C=O) groups excluding carboxylic acids is 1. The Hall–Kier alpha value is -1.55. The van der Waals surface area contributed by atoms with Gasteiger partial charge in [0.2, 0.25) is 5.91 Å². The number of methoxy groups -OCH3 is 1. The molecule has 1 amide bonds. The summed E-state index contributed by atoms with van der Waals surface area (Å²) in [6.07, 6.45) is 2.11. The van der Waals surface area contributed by atoms with Gasteiger partial charge in [-0.3, -0.25) is 10.1 Å². The molecule has 4 nitrogen and oxygen atoms in total. The molecule has 0 aliphatic carbocycles. The van der Waals surface area contributed by atoms with E-state index in [1.807, 2.05) is 31.2 Å². The van der Waals surface area contributed by atoms with Crippen molar-refractivity contribution in [2.24, 2.45) is 0 Å². The van der Waals surface area contributed by atoms with Gasteiger partial charge in [-0.15, -0.1) is 0 Å². The molecule has 2 N–H and O–H groups in total. The van der Waals surface area contributed by atoms with Crippen molar-refractivity contribution in [3.63, 3.8) is 0 Å². The quantitative estimate of drug-likeness (QED) is 0.719. The first-order chi connectivity index (χ1) is 9.58. The van der Waals surface area contributed by atoms with Gasteiger partial charge in [0.1, 0.15) is 5.75 Å². The van der Waals surface area contributed by atoms with Crippen molar-refractivity contribution < 1.29 is 9.53 Å². The van der Waals surface area contributed by atoms with E-state index in [0.717, 1.165) is 30.7 Å². The highest BCUT2D eigenvalue weighted by Crippen LogP contribution is 2.17. The Kier molecular flexibility index (Phi) is 7.09. The first-order valence-electron chi connectivity index (χ1n) is 7.26. The van der Waals surface area contributed by atoms with Crippen LogP contribution >= 0.6 is 0 Å². The minimum Gasteiger partial charge on any atom is -0.497 e. The van der Waals surface area contributed by atoms with E-state index >= 15 is 0 Å². The lowest BCUT2D eigenvalue weighted by atomic mass is 10.1. The Labute approximate surface area is 121 Å². The smallest absolute Gasteiger partial charge is 0.236 e. The molecule has 0 bridgehead atoms. The summed E-state index contributed by atoms with van der Waals surface area (Å²) in [6.45, 7) is 6.80. The van der Waals surface area contributed by atoms with Crippen molar-refractivity contribution in [1.82, 2.24) is 10.6 Å². The second-order valence-corrected chi connectivity index (χ2v) is 5.03. The molecule has 4 heteroatoms. The van der Waals surface area contributed by atoms with Crippen LogP contribution in [0.5, 0.6) is 5.75 Å². The van der Waals surface area contributed by atoms with E-state index in [9.17, 15) is 4.79 Å². The maximum absolute atomic E-state index is 11.9. The third kappa shape index (κ3) is 5.21. The number of amides is 1. The standard InChI is InChI=1S/C16H26N2O2/c1-5-6-11-17-16(19)13(3)18-12(2)14-7-9-15(20-4)10-8-14/h7-10,12-13,18H,5-6,11H2,1-4H3,(H,17,19)/t12-,13?/m0/s1.